The lowest BCUT2D eigenvalue weighted by Gasteiger charge is -2.25. The second-order valence-corrected chi connectivity index (χ2v) is 8.53. The summed E-state index contributed by atoms with van der Waals surface area (Å²) in [6.07, 6.45) is 0.738. The number of benzene rings is 1. The molecule has 1 saturated heterocycles. The monoisotopic (exact) mass is 455 g/mol. The Kier molecular flexibility index (Phi) is 9.30. The van der Waals surface area contributed by atoms with Crippen molar-refractivity contribution in [2.45, 2.75) is 40.2 Å². The van der Waals surface area contributed by atoms with Gasteiger partial charge < -0.3 is 19.9 Å². The van der Waals surface area contributed by atoms with E-state index in [9.17, 15) is 14.4 Å². The van der Waals surface area contributed by atoms with Gasteiger partial charge in [0.25, 0.3) is 5.91 Å². The van der Waals surface area contributed by atoms with Gasteiger partial charge in [-0.15, -0.1) is 11.8 Å². The second-order valence-electron chi connectivity index (χ2n) is 7.12. The zero-order chi connectivity index (χ0) is 22.3. The van der Waals surface area contributed by atoms with Crippen molar-refractivity contribution in [1.29, 1.82) is 0 Å². The molecule has 1 aromatic carbocycles. The molecule has 3 amide bonds. The topological polar surface area (TPSA) is 79.0 Å². The Morgan fingerprint density at radius 3 is 2.60 bits per heavy atom. The summed E-state index contributed by atoms with van der Waals surface area (Å²) in [5.74, 6) is 1.01. The molecule has 0 radical (unpaired) electrons. The quantitative estimate of drug-likeness (QED) is 0.616. The Labute approximate surface area is 187 Å². The highest BCUT2D eigenvalue weighted by Crippen LogP contribution is 2.29. The lowest BCUT2D eigenvalue weighted by atomic mass is 10.1. The maximum absolute atomic E-state index is 12.8. The van der Waals surface area contributed by atoms with Crippen LogP contribution in [0.25, 0.3) is 0 Å². The van der Waals surface area contributed by atoms with Gasteiger partial charge in [-0.05, 0) is 38.5 Å². The van der Waals surface area contributed by atoms with E-state index in [-0.39, 0.29) is 30.2 Å². The van der Waals surface area contributed by atoms with Crippen molar-refractivity contribution >= 4 is 46.8 Å². The van der Waals surface area contributed by atoms with Crippen molar-refractivity contribution < 1.29 is 19.1 Å². The van der Waals surface area contributed by atoms with Crippen LogP contribution in [0.2, 0.25) is 5.02 Å². The number of rotatable bonds is 9. The number of ether oxygens (including phenoxy) is 1. The molecule has 1 fully saturated rings. The normalized spacial score (nSPS) is 16.8. The highest BCUT2D eigenvalue weighted by Gasteiger charge is 2.36. The summed E-state index contributed by atoms with van der Waals surface area (Å²) in [7, 11) is 0. The molecule has 166 valence electrons. The minimum Gasteiger partial charge on any atom is -0.482 e. The van der Waals surface area contributed by atoms with Gasteiger partial charge in [-0.2, -0.15) is 0 Å². The molecule has 0 spiro atoms. The van der Waals surface area contributed by atoms with Crippen LogP contribution in [-0.4, -0.2) is 64.9 Å². The number of anilines is 1. The number of nitrogens with zero attached hydrogens (tertiary/aromatic N) is 2. The number of carbonyl (C=O) groups is 3. The molecular formula is C21H30ClN3O4S. The molecule has 0 bridgehead atoms. The third kappa shape index (κ3) is 6.04. The fraction of sp³-hybridized carbons (Fsp3) is 0.571. The molecule has 2 atom stereocenters. The van der Waals surface area contributed by atoms with Crippen LogP contribution in [0.15, 0.2) is 18.2 Å². The summed E-state index contributed by atoms with van der Waals surface area (Å²) in [5.41, 5.74) is 0.514. The minimum absolute atomic E-state index is 0.00213. The first kappa shape index (κ1) is 24.3. The van der Waals surface area contributed by atoms with E-state index in [2.05, 4.69) is 5.32 Å². The SMILES string of the molecule is CC[C@@H](C)C(=O)N1CSC[C@H]1C(=O)Nc1ccc(OCC(=O)N(CC)CC)c(Cl)c1. The van der Waals surface area contributed by atoms with Gasteiger partial charge in [0.2, 0.25) is 11.8 Å². The number of hydrogen-bond acceptors (Lipinski definition) is 5. The molecule has 0 aliphatic carbocycles. The third-order valence-electron chi connectivity index (χ3n) is 5.17. The summed E-state index contributed by atoms with van der Waals surface area (Å²) >= 11 is 7.84. The van der Waals surface area contributed by atoms with Crippen LogP contribution in [0.3, 0.4) is 0 Å². The summed E-state index contributed by atoms with van der Waals surface area (Å²) < 4.78 is 5.54. The first-order valence-corrected chi connectivity index (χ1v) is 11.7. The first-order valence-electron chi connectivity index (χ1n) is 10.2. The standard InChI is InChI=1S/C21H30ClN3O4S/c1-5-14(4)21(28)25-13-30-12-17(25)20(27)23-15-8-9-18(16(22)10-15)29-11-19(26)24(6-2)7-3/h8-10,14,17H,5-7,11-13H2,1-4H3,(H,23,27)/t14-,17+/m1/s1. The van der Waals surface area contributed by atoms with Crippen LogP contribution in [-0.2, 0) is 14.4 Å². The van der Waals surface area contributed by atoms with Gasteiger partial charge >= 0.3 is 0 Å². The number of hydrogen-bond donors (Lipinski definition) is 1. The van der Waals surface area contributed by atoms with Crippen LogP contribution in [0.5, 0.6) is 5.75 Å². The number of thioether (sulfide) groups is 1. The van der Waals surface area contributed by atoms with Crippen molar-refractivity contribution in [2.24, 2.45) is 5.92 Å². The second kappa shape index (κ2) is 11.5. The summed E-state index contributed by atoms with van der Waals surface area (Å²) in [6.45, 7) is 8.80. The van der Waals surface area contributed by atoms with Crippen LogP contribution < -0.4 is 10.1 Å². The molecule has 0 unspecified atom stereocenters. The van der Waals surface area contributed by atoms with E-state index in [1.807, 2.05) is 27.7 Å². The van der Waals surface area contributed by atoms with E-state index in [0.717, 1.165) is 6.42 Å². The largest absolute Gasteiger partial charge is 0.482 e. The molecule has 1 aliphatic rings. The van der Waals surface area contributed by atoms with Crippen molar-refractivity contribution in [3.8, 4) is 5.75 Å². The zero-order valence-electron chi connectivity index (χ0n) is 17.9. The van der Waals surface area contributed by atoms with E-state index < -0.39 is 6.04 Å². The van der Waals surface area contributed by atoms with Gasteiger partial charge in [-0.3, -0.25) is 14.4 Å². The number of likely N-dealkylation sites (N-methyl/N-ethyl adjacent to an activating group) is 1. The van der Waals surface area contributed by atoms with E-state index >= 15 is 0 Å². The molecule has 1 heterocycles. The fourth-order valence-electron chi connectivity index (χ4n) is 3.06. The summed E-state index contributed by atoms with van der Waals surface area (Å²) in [4.78, 5) is 40.7. The zero-order valence-corrected chi connectivity index (χ0v) is 19.5. The smallest absolute Gasteiger partial charge is 0.260 e. The molecule has 0 saturated carbocycles. The molecule has 0 aromatic heterocycles. The Hall–Kier alpha value is -1.93. The summed E-state index contributed by atoms with van der Waals surface area (Å²) in [5, 5.41) is 3.13. The number of amides is 3. The van der Waals surface area contributed by atoms with E-state index in [0.29, 0.717) is 41.2 Å². The lowest BCUT2D eigenvalue weighted by molar-refractivity contribution is -0.139. The molecule has 1 N–H and O–H groups in total. The van der Waals surface area contributed by atoms with Crippen molar-refractivity contribution in [3.63, 3.8) is 0 Å². The highest BCUT2D eigenvalue weighted by molar-refractivity contribution is 7.99. The third-order valence-corrected chi connectivity index (χ3v) is 6.48. The molecule has 7 nitrogen and oxygen atoms in total. The van der Waals surface area contributed by atoms with Gasteiger partial charge in [0, 0.05) is 30.4 Å². The maximum atomic E-state index is 12.8. The average molecular weight is 456 g/mol. The Morgan fingerprint density at radius 1 is 1.30 bits per heavy atom. The fourth-order valence-corrected chi connectivity index (χ4v) is 4.46. The molecule has 1 aliphatic heterocycles. The van der Waals surface area contributed by atoms with Crippen molar-refractivity contribution in [2.75, 3.05) is 36.6 Å². The molecule has 30 heavy (non-hydrogen) atoms. The van der Waals surface area contributed by atoms with Crippen LogP contribution in [0, 0.1) is 5.92 Å². The van der Waals surface area contributed by atoms with Crippen molar-refractivity contribution in [1.82, 2.24) is 9.80 Å². The predicted octanol–water partition coefficient (Wildman–Crippen LogP) is 3.47. The Bertz CT molecular complexity index is 773. The molecule has 9 heteroatoms. The van der Waals surface area contributed by atoms with Gasteiger partial charge in [0.05, 0.1) is 10.9 Å². The van der Waals surface area contributed by atoms with Gasteiger partial charge in [0.1, 0.15) is 11.8 Å². The van der Waals surface area contributed by atoms with Crippen molar-refractivity contribution in [3.05, 3.63) is 23.2 Å². The lowest BCUT2D eigenvalue weighted by Crippen LogP contribution is -2.46. The Balaban J connectivity index is 1.99. The molecule has 1 aromatic rings. The summed E-state index contributed by atoms with van der Waals surface area (Å²) in [6, 6.07) is 4.38. The maximum Gasteiger partial charge on any atom is 0.260 e. The van der Waals surface area contributed by atoms with E-state index in [1.54, 1.807) is 39.8 Å². The highest BCUT2D eigenvalue weighted by atomic mass is 35.5. The van der Waals surface area contributed by atoms with E-state index in [4.69, 9.17) is 16.3 Å². The number of nitrogens with one attached hydrogen (secondary N) is 1. The minimum atomic E-state index is -0.502. The van der Waals surface area contributed by atoms with Crippen LogP contribution in [0.1, 0.15) is 34.1 Å². The Morgan fingerprint density at radius 2 is 2.00 bits per heavy atom. The van der Waals surface area contributed by atoms with E-state index in [1.165, 1.54) is 0 Å². The van der Waals surface area contributed by atoms with Gasteiger partial charge in [-0.1, -0.05) is 25.4 Å². The van der Waals surface area contributed by atoms with Crippen LogP contribution in [0.4, 0.5) is 5.69 Å². The molecular weight excluding hydrogens is 426 g/mol. The van der Waals surface area contributed by atoms with Gasteiger partial charge in [0.15, 0.2) is 6.61 Å². The number of carbonyl (C=O) groups excluding carboxylic acids is 3. The van der Waals surface area contributed by atoms with Gasteiger partial charge in [-0.25, -0.2) is 0 Å². The number of halogens is 1. The average Bonchev–Trinajstić information content (AvgIpc) is 3.23. The first-order chi connectivity index (χ1) is 14.3. The molecule has 2 rings (SSSR count). The van der Waals surface area contributed by atoms with Crippen LogP contribution >= 0.6 is 23.4 Å². The predicted molar refractivity (Wildman–Crippen MR) is 121 cm³/mol.